The average molecular weight is 588 g/mol. The molecular formula is C36H61NO5. The van der Waals surface area contributed by atoms with Crippen molar-refractivity contribution in [2.45, 2.75) is 113 Å². The number of hydrogen-bond acceptors (Lipinski definition) is 5. The van der Waals surface area contributed by atoms with Crippen molar-refractivity contribution in [1.29, 1.82) is 0 Å². The highest BCUT2D eigenvalue weighted by Crippen LogP contribution is 2.24. The number of ether oxygens (including phenoxy) is 2. The van der Waals surface area contributed by atoms with Crippen molar-refractivity contribution in [2.75, 3.05) is 20.3 Å². The van der Waals surface area contributed by atoms with Gasteiger partial charge in [0, 0.05) is 25.5 Å². The fourth-order valence-electron chi connectivity index (χ4n) is 3.34. The Morgan fingerprint density at radius 2 is 1.12 bits per heavy atom. The van der Waals surface area contributed by atoms with Gasteiger partial charge in [-0.2, -0.15) is 0 Å². The van der Waals surface area contributed by atoms with Crippen molar-refractivity contribution < 1.29 is 23.9 Å². The lowest BCUT2D eigenvalue weighted by molar-refractivity contribution is -0.154. The number of hydrogen-bond donors (Lipinski definition) is 1. The molecule has 240 valence electrons. The highest BCUT2D eigenvalue weighted by Gasteiger charge is 2.36. The minimum Gasteiger partial charge on any atom is -0.465 e. The van der Waals surface area contributed by atoms with Crippen LogP contribution in [0.15, 0.2) is 72.9 Å². The molecule has 0 aromatic rings. The number of allylic oxidation sites excluding steroid dienone is 11. The molecule has 0 heterocycles. The first-order valence-corrected chi connectivity index (χ1v) is 15.6. The molecule has 0 unspecified atom stereocenters. The molecule has 0 radical (unpaired) electrons. The van der Waals surface area contributed by atoms with Gasteiger partial charge in [0.25, 0.3) is 0 Å². The van der Waals surface area contributed by atoms with E-state index in [0.717, 1.165) is 38.5 Å². The summed E-state index contributed by atoms with van der Waals surface area (Å²) in [5.74, 6) is -0.682. The Morgan fingerprint density at radius 3 is 1.50 bits per heavy atom. The SMILES string of the molecule is CC.CC.CC/C=C\C/C=C\C/C=C\C/C=C\C/C=C\C/C=C\CC(=O)OCC(C)(C)[C@@H](OC)C(=O)NCCC(C)=O. The van der Waals surface area contributed by atoms with Gasteiger partial charge in [0.1, 0.15) is 11.9 Å². The lowest BCUT2D eigenvalue weighted by Gasteiger charge is -2.31. The van der Waals surface area contributed by atoms with Crippen LogP contribution in [0.2, 0.25) is 0 Å². The highest BCUT2D eigenvalue weighted by atomic mass is 16.5. The van der Waals surface area contributed by atoms with E-state index >= 15 is 0 Å². The second-order valence-corrected chi connectivity index (χ2v) is 9.63. The molecule has 0 saturated carbocycles. The van der Waals surface area contributed by atoms with Gasteiger partial charge in [0.2, 0.25) is 5.91 Å². The van der Waals surface area contributed by atoms with Crippen molar-refractivity contribution in [3.05, 3.63) is 72.9 Å². The second kappa shape index (κ2) is 32.5. The maximum Gasteiger partial charge on any atom is 0.309 e. The molecule has 0 aliphatic heterocycles. The van der Waals surface area contributed by atoms with Crippen LogP contribution in [0.3, 0.4) is 0 Å². The maximum atomic E-state index is 12.4. The molecule has 0 bridgehead atoms. The van der Waals surface area contributed by atoms with Gasteiger partial charge in [-0.25, -0.2) is 0 Å². The van der Waals surface area contributed by atoms with E-state index in [4.69, 9.17) is 9.47 Å². The van der Waals surface area contributed by atoms with Gasteiger partial charge in [-0.05, 0) is 45.4 Å². The molecule has 42 heavy (non-hydrogen) atoms. The van der Waals surface area contributed by atoms with Gasteiger partial charge in [-0.1, -0.05) is 121 Å². The van der Waals surface area contributed by atoms with Gasteiger partial charge in [-0.3, -0.25) is 14.4 Å². The van der Waals surface area contributed by atoms with Crippen molar-refractivity contribution in [3.8, 4) is 0 Å². The maximum absolute atomic E-state index is 12.4. The smallest absolute Gasteiger partial charge is 0.309 e. The molecule has 0 fully saturated rings. The third-order valence-corrected chi connectivity index (χ3v) is 5.45. The molecule has 6 heteroatoms. The van der Waals surface area contributed by atoms with Crippen LogP contribution in [0.25, 0.3) is 0 Å². The summed E-state index contributed by atoms with van der Waals surface area (Å²) in [7, 11) is 1.44. The van der Waals surface area contributed by atoms with Crippen LogP contribution in [0, 0.1) is 5.41 Å². The first kappa shape index (κ1) is 43.5. The molecule has 0 spiro atoms. The molecule has 1 N–H and O–H groups in total. The number of carbonyl (C=O) groups is 3. The number of carbonyl (C=O) groups excluding carboxylic acids is 3. The van der Waals surface area contributed by atoms with E-state index in [0.29, 0.717) is 0 Å². The summed E-state index contributed by atoms with van der Waals surface area (Å²) < 4.78 is 10.7. The third-order valence-electron chi connectivity index (χ3n) is 5.45. The molecule has 1 atom stereocenters. The Kier molecular flexibility index (Phi) is 33.7. The van der Waals surface area contributed by atoms with E-state index in [1.54, 1.807) is 19.9 Å². The quantitative estimate of drug-likeness (QED) is 0.107. The van der Waals surface area contributed by atoms with Crippen LogP contribution in [-0.2, 0) is 23.9 Å². The second-order valence-electron chi connectivity index (χ2n) is 9.63. The van der Waals surface area contributed by atoms with Crippen molar-refractivity contribution in [2.24, 2.45) is 5.41 Å². The fraction of sp³-hybridized carbons (Fsp3) is 0.583. The number of amides is 1. The number of Topliss-reactive ketones (excluding diaryl/α,β-unsaturated/α-hetero) is 1. The minimum absolute atomic E-state index is 0.00172. The Bertz CT molecular complexity index is 847. The fourth-order valence-corrected chi connectivity index (χ4v) is 3.34. The normalized spacial score (nSPS) is 12.6. The summed E-state index contributed by atoms with van der Waals surface area (Å²) >= 11 is 0. The standard InChI is InChI=1S/C32H49NO5.2C2H6/c1-6-7-8-9-10-11-12-13-14-15-16-17-18-19-20-21-22-23-24-29(35)38-27-32(3,4)30(37-5)31(36)33-26-25-28(2)34;2*1-2/h7-8,10-11,13-14,16-17,19-20,22-23,30H,6,9,12,15,18,21,24-27H2,1-5H3,(H,33,36);2*1-2H3/b8-7-,11-10-,14-13-,17-16-,20-19-,23-22-;;/t30-;;/m0../s1. The number of ketones is 1. The zero-order valence-corrected chi connectivity index (χ0v) is 28.1. The predicted octanol–water partition coefficient (Wildman–Crippen LogP) is 8.81. The van der Waals surface area contributed by atoms with Gasteiger partial charge >= 0.3 is 5.97 Å². The molecule has 0 saturated heterocycles. The molecule has 0 aromatic heterocycles. The van der Waals surface area contributed by atoms with Crippen molar-refractivity contribution >= 4 is 17.7 Å². The van der Waals surface area contributed by atoms with Crippen molar-refractivity contribution in [1.82, 2.24) is 5.32 Å². The Morgan fingerprint density at radius 1 is 0.714 bits per heavy atom. The summed E-state index contributed by atoms with van der Waals surface area (Å²) in [4.78, 5) is 35.5. The lowest BCUT2D eigenvalue weighted by atomic mass is 9.86. The summed E-state index contributed by atoms with van der Waals surface area (Å²) in [5, 5.41) is 2.69. The molecule has 0 aliphatic rings. The van der Waals surface area contributed by atoms with Gasteiger partial charge in [0.15, 0.2) is 0 Å². The van der Waals surface area contributed by atoms with Crippen molar-refractivity contribution in [3.63, 3.8) is 0 Å². The first-order chi connectivity index (χ1) is 20.2. The number of nitrogens with one attached hydrogen (secondary N) is 1. The van der Waals surface area contributed by atoms with E-state index in [1.807, 2.05) is 33.8 Å². The topological polar surface area (TPSA) is 81.7 Å². The minimum atomic E-state index is -0.798. The summed E-state index contributed by atoms with van der Waals surface area (Å²) in [6.07, 6.45) is 30.6. The Hall–Kier alpha value is -2.99. The Labute approximate surface area is 258 Å². The van der Waals surface area contributed by atoms with Crippen LogP contribution < -0.4 is 5.32 Å². The Balaban J connectivity index is -0.00000363. The van der Waals surface area contributed by atoms with E-state index in [9.17, 15) is 14.4 Å². The summed E-state index contributed by atoms with van der Waals surface area (Å²) in [6.45, 7) is 15.5. The van der Waals surface area contributed by atoms with Crippen LogP contribution >= 0.6 is 0 Å². The number of methoxy groups -OCH3 is 1. The van der Waals surface area contributed by atoms with E-state index in [2.05, 4.69) is 73.0 Å². The monoisotopic (exact) mass is 587 g/mol. The number of esters is 1. The highest BCUT2D eigenvalue weighted by molar-refractivity contribution is 5.82. The molecule has 6 nitrogen and oxygen atoms in total. The van der Waals surface area contributed by atoms with Gasteiger partial charge in [-0.15, -0.1) is 0 Å². The predicted molar refractivity (Wildman–Crippen MR) is 179 cm³/mol. The summed E-state index contributed by atoms with van der Waals surface area (Å²) in [6, 6.07) is 0. The summed E-state index contributed by atoms with van der Waals surface area (Å²) in [5.41, 5.74) is -0.719. The van der Waals surface area contributed by atoms with E-state index in [-0.39, 0.29) is 43.7 Å². The average Bonchev–Trinajstić information content (AvgIpc) is 2.97. The molecule has 0 aromatic carbocycles. The van der Waals surface area contributed by atoms with Crippen LogP contribution in [0.5, 0.6) is 0 Å². The molecule has 1 amide bonds. The number of rotatable bonds is 21. The van der Waals surface area contributed by atoms with E-state index in [1.165, 1.54) is 14.0 Å². The zero-order chi connectivity index (χ0) is 32.5. The lowest BCUT2D eigenvalue weighted by Crippen LogP contribution is -2.47. The molecule has 0 aliphatic carbocycles. The first-order valence-electron chi connectivity index (χ1n) is 15.6. The van der Waals surface area contributed by atoms with Gasteiger partial charge in [0.05, 0.1) is 13.0 Å². The third kappa shape index (κ3) is 28.5. The van der Waals surface area contributed by atoms with Crippen LogP contribution in [-0.4, -0.2) is 44.0 Å². The van der Waals surface area contributed by atoms with E-state index < -0.39 is 11.5 Å². The van der Waals surface area contributed by atoms with Gasteiger partial charge < -0.3 is 14.8 Å². The van der Waals surface area contributed by atoms with Crippen LogP contribution in [0.1, 0.15) is 107 Å². The largest absolute Gasteiger partial charge is 0.465 e. The van der Waals surface area contributed by atoms with Crippen LogP contribution in [0.4, 0.5) is 0 Å². The molecule has 0 rings (SSSR count). The molecular weight excluding hydrogens is 526 g/mol. The zero-order valence-electron chi connectivity index (χ0n) is 28.1.